The number of methoxy groups -OCH3 is 1. The van der Waals surface area contributed by atoms with Gasteiger partial charge in [-0.3, -0.25) is 4.79 Å². The normalized spacial score (nSPS) is 22.2. The molecule has 0 radical (unpaired) electrons. The maximum absolute atomic E-state index is 12.5. The second-order valence-electron chi connectivity index (χ2n) is 5.69. The lowest BCUT2D eigenvalue weighted by molar-refractivity contribution is -0.143. The van der Waals surface area contributed by atoms with Crippen molar-refractivity contribution in [1.29, 1.82) is 0 Å². The summed E-state index contributed by atoms with van der Waals surface area (Å²) in [6, 6.07) is 7.63. The lowest BCUT2D eigenvalue weighted by Crippen LogP contribution is -2.50. The van der Waals surface area contributed by atoms with Crippen molar-refractivity contribution in [2.45, 2.75) is 12.5 Å². The quantitative estimate of drug-likeness (QED) is 0.835. The molecule has 0 bridgehead atoms. The van der Waals surface area contributed by atoms with Gasteiger partial charge in [0, 0.05) is 32.6 Å². The van der Waals surface area contributed by atoms with E-state index in [4.69, 9.17) is 9.57 Å². The van der Waals surface area contributed by atoms with Crippen molar-refractivity contribution in [3.05, 3.63) is 29.8 Å². The van der Waals surface area contributed by atoms with Gasteiger partial charge in [-0.2, -0.15) is 0 Å². The standard InChI is InChI=1S/C16H21N3O3/c1-18-7-9-19(10-8-18)16(20)15-11-14(17-22-15)12-3-5-13(21-2)6-4-12/h3-6,15H,7-11H2,1-2H3/t15-/m1/s1. The first-order valence-corrected chi connectivity index (χ1v) is 7.52. The van der Waals surface area contributed by atoms with Crippen molar-refractivity contribution >= 4 is 11.6 Å². The van der Waals surface area contributed by atoms with Crippen molar-refractivity contribution in [3.63, 3.8) is 0 Å². The fourth-order valence-corrected chi connectivity index (χ4v) is 2.69. The Balaban J connectivity index is 1.59. The predicted octanol–water partition coefficient (Wildman–Crippen LogP) is 0.962. The van der Waals surface area contributed by atoms with E-state index in [0.29, 0.717) is 6.42 Å². The summed E-state index contributed by atoms with van der Waals surface area (Å²) in [6.07, 6.45) is 0.0397. The van der Waals surface area contributed by atoms with Crippen LogP contribution in [-0.2, 0) is 9.63 Å². The van der Waals surface area contributed by atoms with Crippen LogP contribution in [0.25, 0.3) is 0 Å². The maximum atomic E-state index is 12.5. The number of benzene rings is 1. The number of oxime groups is 1. The summed E-state index contributed by atoms with van der Waals surface area (Å²) < 4.78 is 5.14. The summed E-state index contributed by atoms with van der Waals surface area (Å²) in [4.78, 5) is 21.9. The molecule has 2 heterocycles. The minimum absolute atomic E-state index is 0.0420. The van der Waals surface area contributed by atoms with Gasteiger partial charge < -0.3 is 19.4 Å². The van der Waals surface area contributed by atoms with Crippen LogP contribution in [0.2, 0.25) is 0 Å². The number of ether oxygens (including phenoxy) is 1. The van der Waals surface area contributed by atoms with E-state index in [9.17, 15) is 4.79 Å². The minimum atomic E-state index is -0.486. The zero-order valence-electron chi connectivity index (χ0n) is 13.0. The molecule has 1 fully saturated rings. The summed E-state index contributed by atoms with van der Waals surface area (Å²) in [5, 5.41) is 4.09. The fourth-order valence-electron chi connectivity index (χ4n) is 2.69. The third-order valence-electron chi connectivity index (χ3n) is 4.18. The highest BCUT2D eigenvalue weighted by Crippen LogP contribution is 2.21. The number of carbonyl (C=O) groups excluding carboxylic acids is 1. The highest BCUT2D eigenvalue weighted by atomic mass is 16.6. The molecule has 118 valence electrons. The van der Waals surface area contributed by atoms with E-state index in [1.165, 1.54) is 0 Å². The molecule has 2 aliphatic rings. The molecule has 1 aromatic carbocycles. The Morgan fingerprint density at radius 2 is 1.91 bits per heavy atom. The van der Waals surface area contributed by atoms with Crippen LogP contribution in [0.1, 0.15) is 12.0 Å². The van der Waals surface area contributed by atoms with Gasteiger partial charge in [-0.1, -0.05) is 5.16 Å². The Morgan fingerprint density at radius 3 is 2.55 bits per heavy atom. The molecule has 0 N–H and O–H groups in total. The van der Waals surface area contributed by atoms with Crippen LogP contribution in [0.4, 0.5) is 0 Å². The van der Waals surface area contributed by atoms with Gasteiger partial charge >= 0.3 is 0 Å². The molecule has 3 rings (SSSR count). The molecule has 1 atom stereocenters. The first-order chi connectivity index (χ1) is 10.7. The maximum Gasteiger partial charge on any atom is 0.266 e. The summed E-state index contributed by atoms with van der Waals surface area (Å²) in [6.45, 7) is 3.33. The molecular weight excluding hydrogens is 282 g/mol. The Kier molecular flexibility index (Phi) is 4.29. The highest BCUT2D eigenvalue weighted by molar-refractivity contribution is 6.04. The van der Waals surface area contributed by atoms with Crippen molar-refractivity contribution in [1.82, 2.24) is 9.80 Å². The second-order valence-corrected chi connectivity index (χ2v) is 5.69. The Labute approximate surface area is 130 Å². The summed E-state index contributed by atoms with van der Waals surface area (Å²) in [5.41, 5.74) is 1.78. The Bertz CT molecular complexity index is 563. The molecule has 22 heavy (non-hydrogen) atoms. The number of nitrogens with zero attached hydrogens (tertiary/aromatic N) is 3. The van der Waals surface area contributed by atoms with Crippen LogP contribution >= 0.6 is 0 Å². The Morgan fingerprint density at radius 1 is 1.23 bits per heavy atom. The molecule has 0 unspecified atom stereocenters. The SMILES string of the molecule is COc1ccc(C2=NO[C@@H](C(=O)N3CCN(C)CC3)C2)cc1. The first-order valence-electron chi connectivity index (χ1n) is 7.52. The van der Waals surface area contributed by atoms with Crippen LogP contribution in [-0.4, -0.2) is 67.9 Å². The molecule has 6 nitrogen and oxygen atoms in total. The zero-order valence-corrected chi connectivity index (χ0v) is 13.0. The average Bonchev–Trinajstić information content (AvgIpc) is 3.05. The molecule has 0 spiro atoms. The molecule has 1 amide bonds. The highest BCUT2D eigenvalue weighted by Gasteiger charge is 2.33. The summed E-state index contributed by atoms with van der Waals surface area (Å²) in [7, 11) is 3.70. The fraction of sp³-hybridized carbons (Fsp3) is 0.500. The van der Waals surface area contributed by atoms with Gasteiger partial charge in [-0.25, -0.2) is 0 Å². The third-order valence-corrected chi connectivity index (χ3v) is 4.18. The molecule has 0 aliphatic carbocycles. The van der Waals surface area contributed by atoms with Crippen LogP contribution in [0.3, 0.4) is 0 Å². The first kappa shape index (κ1) is 14.8. The molecule has 1 aromatic rings. The van der Waals surface area contributed by atoms with E-state index in [1.54, 1.807) is 7.11 Å². The predicted molar refractivity (Wildman–Crippen MR) is 83.1 cm³/mol. The van der Waals surface area contributed by atoms with Crippen LogP contribution < -0.4 is 4.74 Å². The van der Waals surface area contributed by atoms with Crippen LogP contribution in [0.5, 0.6) is 5.75 Å². The van der Waals surface area contributed by atoms with Crippen molar-refractivity contribution < 1.29 is 14.4 Å². The van der Waals surface area contributed by atoms with E-state index in [0.717, 1.165) is 43.2 Å². The molecule has 6 heteroatoms. The van der Waals surface area contributed by atoms with Gasteiger partial charge in [-0.05, 0) is 36.9 Å². The van der Waals surface area contributed by atoms with E-state index in [-0.39, 0.29) is 5.91 Å². The van der Waals surface area contributed by atoms with Gasteiger partial charge in [0.15, 0.2) is 0 Å². The van der Waals surface area contributed by atoms with E-state index < -0.39 is 6.10 Å². The monoisotopic (exact) mass is 303 g/mol. The number of amides is 1. The number of piperazine rings is 1. The van der Waals surface area contributed by atoms with E-state index in [2.05, 4.69) is 17.1 Å². The van der Waals surface area contributed by atoms with Gasteiger partial charge in [-0.15, -0.1) is 0 Å². The van der Waals surface area contributed by atoms with Gasteiger partial charge in [0.05, 0.1) is 12.8 Å². The van der Waals surface area contributed by atoms with Crippen molar-refractivity contribution in [2.75, 3.05) is 40.3 Å². The molecule has 0 aromatic heterocycles. The summed E-state index contributed by atoms with van der Waals surface area (Å²) >= 11 is 0. The van der Waals surface area contributed by atoms with Gasteiger partial charge in [0.2, 0.25) is 6.10 Å². The number of hydrogen-bond acceptors (Lipinski definition) is 5. The zero-order chi connectivity index (χ0) is 15.5. The number of carbonyl (C=O) groups is 1. The lowest BCUT2D eigenvalue weighted by Gasteiger charge is -2.33. The topological polar surface area (TPSA) is 54.4 Å². The van der Waals surface area contributed by atoms with E-state index >= 15 is 0 Å². The van der Waals surface area contributed by atoms with Crippen molar-refractivity contribution in [3.8, 4) is 5.75 Å². The molecular formula is C16H21N3O3. The molecule has 2 aliphatic heterocycles. The number of hydrogen-bond donors (Lipinski definition) is 0. The molecule has 0 saturated carbocycles. The van der Waals surface area contributed by atoms with Crippen LogP contribution in [0, 0.1) is 0 Å². The number of likely N-dealkylation sites (N-methyl/N-ethyl adjacent to an activating group) is 1. The third kappa shape index (κ3) is 3.06. The lowest BCUT2D eigenvalue weighted by atomic mass is 10.0. The van der Waals surface area contributed by atoms with Gasteiger partial charge in [0.1, 0.15) is 5.75 Å². The largest absolute Gasteiger partial charge is 0.497 e. The van der Waals surface area contributed by atoms with Crippen LogP contribution in [0.15, 0.2) is 29.4 Å². The summed E-state index contributed by atoms with van der Waals surface area (Å²) in [5.74, 6) is 0.841. The molecule has 1 saturated heterocycles. The number of rotatable bonds is 3. The smallest absolute Gasteiger partial charge is 0.266 e. The second kappa shape index (κ2) is 6.36. The van der Waals surface area contributed by atoms with E-state index in [1.807, 2.05) is 29.2 Å². The van der Waals surface area contributed by atoms with Crippen molar-refractivity contribution in [2.24, 2.45) is 5.16 Å². The Hall–Kier alpha value is -2.08. The minimum Gasteiger partial charge on any atom is -0.497 e. The van der Waals surface area contributed by atoms with Gasteiger partial charge in [0.25, 0.3) is 5.91 Å². The average molecular weight is 303 g/mol.